The number of nitrogens with zero attached hydrogens (tertiary/aromatic N) is 3. The van der Waals surface area contributed by atoms with Crippen LogP contribution in [0.5, 0.6) is 0 Å². The number of carbonyl (C=O) groups excluding carboxylic acids is 1. The molecule has 2 aliphatic rings. The van der Waals surface area contributed by atoms with Gasteiger partial charge in [-0.3, -0.25) is 15.0 Å². The van der Waals surface area contributed by atoms with Crippen LogP contribution in [0.4, 0.5) is 5.82 Å². The molecule has 0 unspecified atom stereocenters. The quantitative estimate of drug-likeness (QED) is 0.495. The fourth-order valence-corrected chi connectivity index (χ4v) is 4.60. The normalized spacial score (nSPS) is 16.3. The lowest BCUT2D eigenvalue weighted by atomic mass is 9.85. The van der Waals surface area contributed by atoms with Crippen LogP contribution in [-0.4, -0.2) is 31.3 Å². The van der Waals surface area contributed by atoms with Crippen molar-refractivity contribution in [2.45, 2.75) is 45.4 Å². The van der Waals surface area contributed by atoms with Crippen LogP contribution in [-0.2, 0) is 17.6 Å². The molecule has 1 saturated carbocycles. The highest BCUT2D eigenvalue weighted by Crippen LogP contribution is 2.40. The van der Waals surface area contributed by atoms with E-state index >= 15 is 0 Å². The van der Waals surface area contributed by atoms with Crippen molar-refractivity contribution >= 4 is 33.5 Å². The molecule has 0 bridgehead atoms. The van der Waals surface area contributed by atoms with Crippen molar-refractivity contribution in [3.8, 4) is 11.3 Å². The first kappa shape index (κ1) is 16.7. The van der Waals surface area contributed by atoms with Crippen molar-refractivity contribution in [3.05, 3.63) is 35.2 Å². The van der Waals surface area contributed by atoms with E-state index in [1.807, 2.05) is 19.2 Å². The number of rotatable bonds is 3. The third kappa shape index (κ3) is 2.57. The Hall–Kier alpha value is -3.22. The first-order valence-electron chi connectivity index (χ1n) is 10.3. The molecule has 7 heteroatoms. The summed E-state index contributed by atoms with van der Waals surface area (Å²) in [7, 11) is 0. The lowest BCUT2D eigenvalue weighted by Gasteiger charge is -2.21. The van der Waals surface area contributed by atoms with Crippen molar-refractivity contribution in [2.75, 3.05) is 5.32 Å². The monoisotopic (exact) mass is 386 g/mol. The van der Waals surface area contributed by atoms with E-state index in [4.69, 9.17) is 4.98 Å². The van der Waals surface area contributed by atoms with Crippen LogP contribution in [0.2, 0.25) is 0 Å². The van der Waals surface area contributed by atoms with Gasteiger partial charge in [-0.2, -0.15) is 10.2 Å². The smallest absolute Gasteiger partial charge is 0.228 e. The maximum absolute atomic E-state index is 12.4. The van der Waals surface area contributed by atoms with Crippen LogP contribution >= 0.6 is 0 Å². The van der Waals surface area contributed by atoms with Gasteiger partial charge >= 0.3 is 0 Å². The maximum atomic E-state index is 12.4. The minimum atomic E-state index is 0.0721. The molecule has 0 aliphatic heterocycles. The summed E-state index contributed by atoms with van der Waals surface area (Å²) in [4.78, 5) is 17.5. The zero-order chi connectivity index (χ0) is 19.5. The molecule has 7 nitrogen and oxygen atoms in total. The largest absolute Gasteiger partial charge is 0.308 e. The van der Waals surface area contributed by atoms with Gasteiger partial charge in [0.15, 0.2) is 5.82 Å². The number of anilines is 1. The number of carbonyl (C=O) groups is 1. The second-order valence-corrected chi connectivity index (χ2v) is 8.25. The summed E-state index contributed by atoms with van der Waals surface area (Å²) in [5, 5.41) is 19.9. The average molecular weight is 386 g/mol. The van der Waals surface area contributed by atoms with Gasteiger partial charge < -0.3 is 5.32 Å². The van der Waals surface area contributed by atoms with Crippen LogP contribution in [0.25, 0.3) is 33.1 Å². The third-order valence-electron chi connectivity index (χ3n) is 6.27. The zero-order valence-corrected chi connectivity index (χ0v) is 16.3. The summed E-state index contributed by atoms with van der Waals surface area (Å²) >= 11 is 0. The summed E-state index contributed by atoms with van der Waals surface area (Å²) in [5.41, 5.74) is 7.66. The number of amides is 1. The Morgan fingerprint density at radius 3 is 2.69 bits per heavy atom. The molecule has 6 rings (SSSR count). The van der Waals surface area contributed by atoms with Crippen molar-refractivity contribution in [1.82, 2.24) is 25.4 Å². The van der Waals surface area contributed by atoms with Gasteiger partial charge in [-0.15, -0.1) is 0 Å². The first-order valence-corrected chi connectivity index (χ1v) is 10.3. The molecule has 0 radical (unpaired) electrons. The molecule has 1 amide bonds. The highest BCUT2D eigenvalue weighted by molar-refractivity contribution is 6.15. The average Bonchev–Trinajstić information content (AvgIpc) is 3.40. The molecule has 2 aliphatic carbocycles. The highest BCUT2D eigenvalue weighted by atomic mass is 16.2. The van der Waals surface area contributed by atoms with Crippen LogP contribution in [0.3, 0.4) is 0 Å². The van der Waals surface area contributed by atoms with Gasteiger partial charge in [0.05, 0.1) is 28.3 Å². The molecule has 4 aromatic rings. The Balaban J connectivity index is 1.63. The van der Waals surface area contributed by atoms with Crippen molar-refractivity contribution in [3.63, 3.8) is 0 Å². The molecule has 1 fully saturated rings. The van der Waals surface area contributed by atoms with Crippen LogP contribution < -0.4 is 5.32 Å². The number of nitrogens with one attached hydrogen (secondary N) is 3. The SMILES string of the molecule is Cc1[nH]ncc1-c1nc2ccc3[nH]nc(NC(=O)C4CC4)c3c2c2c1CCCC2. The molecule has 0 spiro atoms. The van der Waals surface area contributed by atoms with Gasteiger partial charge in [0, 0.05) is 22.6 Å². The highest BCUT2D eigenvalue weighted by Gasteiger charge is 2.31. The number of aryl methyl sites for hydroxylation is 2. The lowest BCUT2D eigenvalue weighted by molar-refractivity contribution is -0.117. The number of hydrogen-bond donors (Lipinski definition) is 3. The van der Waals surface area contributed by atoms with Gasteiger partial charge in [0.2, 0.25) is 5.91 Å². The van der Waals surface area contributed by atoms with E-state index in [-0.39, 0.29) is 11.8 Å². The second kappa shape index (κ2) is 6.14. The maximum Gasteiger partial charge on any atom is 0.228 e. The molecular formula is C22H22N6O. The molecule has 3 heterocycles. The number of aromatic amines is 2. The Morgan fingerprint density at radius 2 is 1.93 bits per heavy atom. The molecular weight excluding hydrogens is 364 g/mol. The number of hydrogen-bond acceptors (Lipinski definition) is 4. The van der Waals surface area contributed by atoms with E-state index in [0.29, 0.717) is 5.82 Å². The number of aromatic nitrogens is 5. The molecule has 146 valence electrons. The molecule has 0 saturated heterocycles. The second-order valence-electron chi connectivity index (χ2n) is 8.25. The van der Waals surface area contributed by atoms with E-state index in [1.165, 1.54) is 11.1 Å². The number of pyridine rings is 1. The third-order valence-corrected chi connectivity index (χ3v) is 6.27. The fourth-order valence-electron chi connectivity index (χ4n) is 4.60. The summed E-state index contributed by atoms with van der Waals surface area (Å²) in [6, 6.07) is 4.06. The Kier molecular flexibility index (Phi) is 3.54. The number of H-pyrrole nitrogens is 2. The first-order chi connectivity index (χ1) is 14.2. The van der Waals surface area contributed by atoms with E-state index in [2.05, 4.69) is 31.8 Å². The van der Waals surface area contributed by atoms with Crippen molar-refractivity contribution in [2.24, 2.45) is 5.92 Å². The van der Waals surface area contributed by atoms with E-state index in [9.17, 15) is 4.79 Å². The van der Waals surface area contributed by atoms with Crippen molar-refractivity contribution in [1.29, 1.82) is 0 Å². The minimum absolute atomic E-state index is 0.0721. The molecule has 3 aromatic heterocycles. The molecule has 29 heavy (non-hydrogen) atoms. The lowest BCUT2D eigenvalue weighted by Crippen LogP contribution is -2.14. The van der Waals surface area contributed by atoms with Gasteiger partial charge in [-0.25, -0.2) is 4.98 Å². The molecule has 3 N–H and O–H groups in total. The van der Waals surface area contributed by atoms with E-state index in [0.717, 1.165) is 77.3 Å². The fraction of sp³-hybridized carbons (Fsp3) is 0.364. The minimum Gasteiger partial charge on any atom is -0.308 e. The van der Waals surface area contributed by atoms with Gasteiger partial charge in [-0.1, -0.05) is 0 Å². The summed E-state index contributed by atoms with van der Waals surface area (Å²) in [5.74, 6) is 0.839. The van der Waals surface area contributed by atoms with Gasteiger partial charge in [0.1, 0.15) is 0 Å². The molecule has 1 aromatic carbocycles. The summed E-state index contributed by atoms with van der Waals surface area (Å²) < 4.78 is 0. The van der Waals surface area contributed by atoms with Crippen LogP contribution in [0.1, 0.15) is 42.5 Å². The van der Waals surface area contributed by atoms with Gasteiger partial charge in [0.25, 0.3) is 0 Å². The van der Waals surface area contributed by atoms with Crippen LogP contribution in [0, 0.1) is 12.8 Å². The van der Waals surface area contributed by atoms with E-state index in [1.54, 1.807) is 0 Å². The standard InChI is InChI=1S/C22H22N6O/c1-11-15(10-23-26-11)20-14-5-3-2-4-13(14)18-16(24-20)8-9-17-19(18)21(28-27-17)25-22(29)12-6-7-12/h8-10,12H,2-7H2,1H3,(H,23,26)(H2,25,27,28,29). The summed E-state index contributed by atoms with van der Waals surface area (Å²) in [6.07, 6.45) is 8.16. The summed E-state index contributed by atoms with van der Waals surface area (Å²) in [6.45, 7) is 2.04. The van der Waals surface area contributed by atoms with Gasteiger partial charge in [-0.05, 0) is 68.7 Å². The van der Waals surface area contributed by atoms with Crippen LogP contribution in [0.15, 0.2) is 18.3 Å². The number of benzene rings is 1. The van der Waals surface area contributed by atoms with E-state index < -0.39 is 0 Å². The Bertz CT molecular complexity index is 1280. The predicted molar refractivity (Wildman–Crippen MR) is 112 cm³/mol. The molecule has 0 atom stereocenters. The number of fused-ring (bicyclic) bond motifs is 5. The predicted octanol–water partition coefficient (Wildman–Crippen LogP) is 4.04. The topological polar surface area (TPSA) is 99.3 Å². The Labute approximate surface area is 167 Å². The van der Waals surface area contributed by atoms with Crippen molar-refractivity contribution < 1.29 is 4.79 Å². The Morgan fingerprint density at radius 1 is 1.10 bits per heavy atom. The zero-order valence-electron chi connectivity index (χ0n) is 16.3.